The fourth-order valence-corrected chi connectivity index (χ4v) is 4.09. The monoisotopic (exact) mass is 406 g/mol. The summed E-state index contributed by atoms with van der Waals surface area (Å²) in [5.74, 6) is 1.58. The maximum atomic E-state index is 5.45. The van der Waals surface area contributed by atoms with E-state index in [4.69, 9.17) is 9.72 Å². The molecule has 2 aromatic heterocycles. The van der Waals surface area contributed by atoms with Crippen molar-refractivity contribution < 1.29 is 4.74 Å². The van der Waals surface area contributed by atoms with Crippen LogP contribution in [0.15, 0.2) is 42.9 Å². The molecule has 1 aliphatic rings. The molecule has 0 saturated carbocycles. The topological polar surface area (TPSA) is 59.3 Å². The first-order chi connectivity index (χ1) is 14.6. The number of ether oxygens (including phenoxy) is 1. The Morgan fingerprint density at radius 3 is 2.83 bits per heavy atom. The second kappa shape index (κ2) is 8.83. The fraction of sp³-hybridized carbons (Fsp3) is 0.435. The molecule has 7 nitrogen and oxygen atoms in total. The molecule has 158 valence electrons. The van der Waals surface area contributed by atoms with E-state index in [1.807, 2.05) is 48.2 Å². The molecule has 0 radical (unpaired) electrons. The molecule has 0 unspecified atom stereocenters. The van der Waals surface area contributed by atoms with E-state index in [1.165, 1.54) is 5.56 Å². The van der Waals surface area contributed by atoms with Crippen molar-refractivity contribution in [3.63, 3.8) is 0 Å². The molecule has 0 amide bonds. The predicted molar refractivity (Wildman–Crippen MR) is 119 cm³/mol. The highest BCUT2D eigenvalue weighted by molar-refractivity contribution is 5.68. The van der Waals surface area contributed by atoms with Gasteiger partial charge in [0.05, 0.1) is 25.0 Å². The summed E-state index contributed by atoms with van der Waals surface area (Å²) in [6.45, 7) is 4.94. The largest absolute Gasteiger partial charge is 0.497 e. The van der Waals surface area contributed by atoms with Gasteiger partial charge < -0.3 is 9.64 Å². The lowest BCUT2D eigenvalue weighted by Gasteiger charge is -2.26. The van der Waals surface area contributed by atoms with Gasteiger partial charge in [0.1, 0.15) is 5.75 Å². The quantitative estimate of drug-likeness (QED) is 0.595. The lowest BCUT2D eigenvalue weighted by Crippen LogP contribution is -2.25. The minimum Gasteiger partial charge on any atom is -0.497 e. The minimum absolute atomic E-state index is 0.248. The summed E-state index contributed by atoms with van der Waals surface area (Å²) >= 11 is 0. The highest BCUT2D eigenvalue weighted by Gasteiger charge is 2.30. The molecular weight excluding hydrogens is 376 g/mol. The van der Waals surface area contributed by atoms with Crippen LogP contribution in [-0.2, 0) is 13.1 Å². The van der Waals surface area contributed by atoms with E-state index in [-0.39, 0.29) is 6.04 Å². The first kappa shape index (κ1) is 20.3. The van der Waals surface area contributed by atoms with Crippen molar-refractivity contribution in [2.24, 2.45) is 0 Å². The summed E-state index contributed by atoms with van der Waals surface area (Å²) in [5.41, 5.74) is 4.48. The molecule has 4 rings (SSSR count). The molecule has 30 heavy (non-hydrogen) atoms. The second-order valence-corrected chi connectivity index (χ2v) is 7.93. The van der Waals surface area contributed by atoms with Crippen LogP contribution in [0.3, 0.4) is 0 Å². The third-order valence-electron chi connectivity index (χ3n) is 5.66. The SMILES string of the molecule is CCn1cc(CN2CCC[C@@H]2c2nc(N(C)C)ncc2-c2cccc(OC)c2)cn1. The number of anilines is 1. The molecule has 0 bridgehead atoms. The number of hydrogen-bond donors (Lipinski definition) is 0. The molecule has 3 heterocycles. The van der Waals surface area contributed by atoms with Crippen molar-refractivity contribution in [2.75, 3.05) is 32.6 Å². The van der Waals surface area contributed by atoms with E-state index in [1.54, 1.807) is 7.11 Å². The number of hydrogen-bond acceptors (Lipinski definition) is 6. The second-order valence-electron chi connectivity index (χ2n) is 7.93. The van der Waals surface area contributed by atoms with Crippen molar-refractivity contribution in [1.82, 2.24) is 24.6 Å². The van der Waals surface area contributed by atoms with Gasteiger partial charge in [-0.25, -0.2) is 9.97 Å². The van der Waals surface area contributed by atoms with Gasteiger partial charge in [-0.1, -0.05) is 12.1 Å². The average Bonchev–Trinajstić information content (AvgIpc) is 3.43. The zero-order chi connectivity index (χ0) is 21.1. The number of methoxy groups -OCH3 is 1. The first-order valence-corrected chi connectivity index (χ1v) is 10.5. The molecule has 1 aliphatic heterocycles. The Balaban J connectivity index is 1.72. The van der Waals surface area contributed by atoms with E-state index in [0.717, 1.165) is 61.0 Å². The van der Waals surface area contributed by atoms with Crippen molar-refractivity contribution >= 4 is 5.95 Å². The maximum absolute atomic E-state index is 5.45. The van der Waals surface area contributed by atoms with Gasteiger partial charge in [-0.3, -0.25) is 9.58 Å². The summed E-state index contributed by atoms with van der Waals surface area (Å²) in [4.78, 5) is 14.1. The van der Waals surface area contributed by atoms with Gasteiger partial charge in [-0.15, -0.1) is 0 Å². The summed E-state index contributed by atoms with van der Waals surface area (Å²) in [5, 5.41) is 4.44. The summed E-state index contributed by atoms with van der Waals surface area (Å²) in [6, 6.07) is 8.39. The van der Waals surface area contributed by atoms with Crippen molar-refractivity contribution in [2.45, 2.75) is 38.9 Å². The molecule has 1 fully saturated rings. The maximum Gasteiger partial charge on any atom is 0.225 e. The van der Waals surface area contributed by atoms with E-state index < -0.39 is 0 Å². The molecule has 3 aromatic rings. The third kappa shape index (κ3) is 4.16. The van der Waals surface area contributed by atoms with Gasteiger partial charge in [-0.05, 0) is 44.0 Å². The van der Waals surface area contributed by atoms with Gasteiger partial charge in [-0.2, -0.15) is 5.10 Å². The number of benzene rings is 1. The van der Waals surface area contributed by atoms with Crippen LogP contribution in [-0.4, -0.2) is 52.4 Å². The number of nitrogens with zero attached hydrogens (tertiary/aromatic N) is 6. The molecule has 0 spiro atoms. The number of rotatable bonds is 7. The van der Waals surface area contributed by atoms with Crippen LogP contribution in [0.1, 0.15) is 37.1 Å². The van der Waals surface area contributed by atoms with Crippen LogP contribution in [0, 0.1) is 0 Å². The Kier molecular flexibility index (Phi) is 5.99. The Hall–Kier alpha value is -2.93. The van der Waals surface area contributed by atoms with E-state index in [0.29, 0.717) is 0 Å². The minimum atomic E-state index is 0.248. The Labute approximate surface area is 178 Å². The van der Waals surface area contributed by atoms with Crippen LogP contribution >= 0.6 is 0 Å². The molecule has 0 N–H and O–H groups in total. The van der Waals surface area contributed by atoms with Crippen molar-refractivity contribution in [1.29, 1.82) is 0 Å². The molecule has 0 aliphatic carbocycles. The average molecular weight is 407 g/mol. The Morgan fingerprint density at radius 2 is 2.10 bits per heavy atom. The Bertz CT molecular complexity index is 999. The summed E-state index contributed by atoms with van der Waals surface area (Å²) in [7, 11) is 5.66. The van der Waals surface area contributed by atoms with Gasteiger partial charge in [0.25, 0.3) is 0 Å². The fourth-order valence-electron chi connectivity index (χ4n) is 4.09. The van der Waals surface area contributed by atoms with Gasteiger partial charge in [0, 0.05) is 50.7 Å². The van der Waals surface area contributed by atoms with Crippen LogP contribution < -0.4 is 9.64 Å². The van der Waals surface area contributed by atoms with E-state index in [2.05, 4.69) is 40.2 Å². The molecule has 1 atom stereocenters. The van der Waals surface area contributed by atoms with Crippen molar-refractivity contribution in [3.8, 4) is 16.9 Å². The zero-order valence-corrected chi connectivity index (χ0v) is 18.2. The first-order valence-electron chi connectivity index (χ1n) is 10.5. The predicted octanol–water partition coefficient (Wildman–Crippen LogP) is 3.77. The number of aromatic nitrogens is 4. The summed E-state index contributed by atoms with van der Waals surface area (Å²) < 4.78 is 7.43. The molecule has 1 saturated heterocycles. The van der Waals surface area contributed by atoms with Crippen LogP contribution in [0.5, 0.6) is 5.75 Å². The van der Waals surface area contributed by atoms with Gasteiger partial charge in [0.15, 0.2) is 0 Å². The highest BCUT2D eigenvalue weighted by atomic mass is 16.5. The summed E-state index contributed by atoms with van der Waals surface area (Å²) in [6.07, 6.45) is 8.32. The molecule has 1 aromatic carbocycles. The number of aryl methyl sites for hydroxylation is 1. The lowest BCUT2D eigenvalue weighted by molar-refractivity contribution is 0.245. The standard InChI is InChI=1S/C23H30N6O/c1-5-29-16-17(13-25-29)15-28-11-7-10-21(28)22-20(14-24-23(26-22)27(2)3)18-8-6-9-19(12-18)30-4/h6,8-9,12-14,16,21H,5,7,10-11,15H2,1-4H3/t21-/m1/s1. The van der Waals surface area contributed by atoms with E-state index in [9.17, 15) is 0 Å². The lowest BCUT2D eigenvalue weighted by atomic mass is 9.99. The van der Waals surface area contributed by atoms with Crippen LogP contribution in [0.2, 0.25) is 0 Å². The van der Waals surface area contributed by atoms with Crippen LogP contribution in [0.4, 0.5) is 5.95 Å². The Morgan fingerprint density at radius 1 is 1.23 bits per heavy atom. The zero-order valence-electron chi connectivity index (χ0n) is 18.2. The van der Waals surface area contributed by atoms with Crippen molar-refractivity contribution in [3.05, 3.63) is 54.1 Å². The number of likely N-dealkylation sites (tertiary alicyclic amines) is 1. The highest BCUT2D eigenvalue weighted by Crippen LogP contribution is 2.38. The van der Waals surface area contributed by atoms with Gasteiger partial charge >= 0.3 is 0 Å². The molecular formula is C23H30N6O. The normalized spacial score (nSPS) is 16.7. The smallest absolute Gasteiger partial charge is 0.225 e. The van der Waals surface area contributed by atoms with E-state index >= 15 is 0 Å². The third-order valence-corrected chi connectivity index (χ3v) is 5.66. The molecule has 7 heteroatoms. The van der Waals surface area contributed by atoms with Crippen LogP contribution in [0.25, 0.3) is 11.1 Å². The van der Waals surface area contributed by atoms with Gasteiger partial charge in [0.2, 0.25) is 5.95 Å².